The number of rotatable bonds is 3. The molecule has 1 aliphatic carbocycles. The number of hydrogen-bond acceptors (Lipinski definition) is 3. The molecule has 1 unspecified atom stereocenters. The smallest absolute Gasteiger partial charge is 0.241 e. The van der Waals surface area contributed by atoms with Crippen LogP contribution in [0.1, 0.15) is 25.7 Å². The molecule has 1 heterocycles. The number of amides is 1. The Morgan fingerprint density at radius 1 is 1.38 bits per heavy atom. The summed E-state index contributed by atoms with van der Waals surface area (Å²) >= 11 is 0. The largest absolute Gasteiger partial charge is 0.337 e. The van der Waals surface area contributed by atoms with E-state index in [9.17, 15) is 4.79 Å². The Labute approximate surface area is 98.0 Å². The van der Waals surface area contributed by atoms with E-state index in [1.807, 2.05) is 14.1 Å². The lowest BCUT2D eigenvalue weighted by atomic mass is 10.1. The molecule has 0 aromatic heterocycles. The molecule has 0 spiro atoms. The Morgan fingerprint density at radius 2 is 2.06 bits per heavy atom. The average molecular weight is 225 g/mol. The van der Waals surface area contributed by atoms with Crippen molar-refractivity contribution in [2.45, 2.75) is 37.8 Å². The van der Waals surface area contributed by atoms with Gasteiger partial charge in [0.1, 0.15) is 0 Å². The SMILES string of the molecule is CN(C)CC1NCCN(C2CCCC2)C1=O. The normalized spacial score (nSPS) is 28.1. The van der Waals surface area contributed by atoms with E-state index in [0.717, 1.165) is 19.6 Å². The minimum atomic E-state index is 0.00403. The van der Waals surface area contributed by atoms with E-state index < -0.39 is 0 Å². The molecule has 92 valence electrons. The molecule has 1 aliphatic heterocycles. The first kappa shape index (κ1) is 11.9. The summed E-state index contributed by atoms with van der Waals surface area (Å²) in [6, 6.07) is 0.531. The van der Waals surface area contributed by atoms with Crippen molar-refractivity contribution in [2.24, 2.45) is 0 Å². The summed E-state index contributed by atoms with van der Waals surface area (Å²) in [7, 11) is 4.03. The van der Waals surface area contributed by atoms with Gasteiger partial charge in [0.2, 0.25) is 5.91 Å². The Kier molecular flexibility index (Phi) is 3.82. The van der Waals surface area contributed by atoms with Crippen molar-refractivity contribution in [3.05, 3.63) is 0 Å². The van der Waals surface area contributed by atoms with Gasteiger partial charge >= 0.3 is 0 Å². The van der Waals surface area contributed by atoms with Crippen LogP contribution in [-0.2, 0) is 4.79 Å². The fourth-order valence-corrected chi connectivity index (χ4v) is 2.84. The number of piperazine rings is 1. The van der Waals surface area contributed by atoms with Crippen LogP contribution in [0.5, 0.6) is 0 Å². The van der Waals surface area contributed by atoms with Gasteiger partial charge < -0.3 is 15.1 Å². The monoisotopic (exact) mass is 225 g/mol. The summed E-state index contributed by atoms with van der Waals surface area (Å²) in [6.45, 7) is 2.65. The maximum atomic E-state index is 12.3. The third kappa shape index (κ3) is 2.55. The topological polar surface area (TPSA) is 35.6 Å². The van der Waals surface area contributed by atoms with Crippen molar-refractivity contribution in [1.82, 2.24) is 15.1 Å². The van der Waals surface area contributed by atoms with E-state index in [1.165, 1.54) is 25.7 Å². The molecule has 1 amide bonds. The minimum absolute atomic E-state index is 0.00403. The van der Waals surface area contributed by atoms with Crippen molar-refractivity contribution in [2.75, 3.05) is 33.7 Å². The predicted molar refractivity (Wildman–Crippen MR) is 64.3 cm³/mol. The van der Waals surface area contributed by atoms with Crippen LogP contribution >= 0.6 is 0 Å². The Morgan fingerprint density at radius 3 is 2.69 bits per heavy atom. The number of hydrogen-bond donors (Lipinski definition) is 1. The fraction of sp³-hybridized carbons (Fsp3) is 0.917. The van der Waals surface area contributed by atoms with E-state index in [-0.39, 0.29) is 6.04 Å². The van der Waals surface area contributed by atoms with E-state index in [0.29, 0.717) is 11.9 Å². The van der Waals surface area contributed by atoms with Crippen LogP contribution in [0.15, 0.2) is 0 Å². The van der Waals surface area contributed by atoms with Gasteiger partial charge in [-0.3, -0.25) is 4.79 Å². The highest BCUT2D eigenvalue weighted by Gasteiger charge is 2.33. The summed E-state index contributed by atoms with van der Waals surface area (Å²) in [5.41, 5.74) is 0. The van der Waals surface area contributed by atoms with Crippen LogP contribution in [0.25, 0.3) is 0 Å². The first-order chi connectivity index (χ1) is 7.68. The molecule has 2 aliphatic rings. The highest BCUT2D eigenvalue weighted by atomic mass is 16.2. The first-order valence-corrected chi connectivity index (χ1v) is 6.37. The van der Waals surface area contributed by atoms with Crippen LogP contribution in [0.3, 0.4) is 0 Å². The number of nitrogens with one attached hydrogen (secondary N) is 1. The standard InChI is InChI=1S/C12H23N3O/c1-14(2)9-11-12(16)15(8-7-13-11)10-5-3-4-6-10/h10-11,13H,3-9H2,1-2H3. The second-order valence-electron chi connectivity index (χ2n) is 5.24. The lowest BCUT2D eigenvalue weighted by molar-refractivity contribution is -0.138. The third-order valence-electron chi connectivity index (χ3n) is 3.64. The molecule has 1 saturated heterocycles. The van der Waals surface area contributed by atoms with Gasteiger partial charge in [0.25, 0.3) is 0 Å². The molecule has 0 bridgehead atoms. The molecule has 4 nitrogen and oxygen atoms in total. The quantitative estimate of drug-likeness (QED) is 0.750. The van der Waals surface area contributed by atoms with Gasteiger partial charge in [0.05, 0.1) is 6.04 Å². The van der Waals surface area contributed by atoms with Crippen LogP contribution in [0.4, 0.5) is 0 Å². The zero-order chi connectivity index (χ0) is 11.5. The van der Waals surface area contributed by atoms with Crippen LogP contribution in [-0.4, -0.2) is 61.5 Å². The van der Waals surface area contributed by atoms with Gasteiger partial charge in [-0.25, -0.2) is 0 Å². The highest BCUT2D eigenvalue weighted by Crippen LogP contribution is 2.24. The number of likely N-dealkylation sites (N-methyl/N-ethyl adjacent to an activating group) is 1. The highest BCUT2D eigenvalue weighted by molar-refractivity contribution is 5.83. The molecule has 16 heavy (non-hydrogen) atoms. The van der Waals surface area contributed by atoms with Crippen molar-refractivity contribution >= 4 is 5.91 Å². The number of nitrogens with zero attached hydrogens (tertiary/aromatic N) is 2. The van der Waals surface area contributed by atoms with E-state index in [4.69, 9.17) is 0 Å². The molecule has 2 rings (SSSR count). The van der Waals surface area contributed by atoms with Gasteiger partial charge in [-0.05, 0) is 26.9 Å². The maximum Gasteiger partial charge on any atom is 0.241 e. The third-order valence-corrected chi connectivity index (χ3v) is 3.64. The second kappa shape index (κ2) is 5.15. The minimum Gasteiger partial charge on any atom is -0.337 e. The molecule has 1 N–H and O–H groups in total. The molecule has 0 aromatic carbocycles. The number of carbonyl (C=O) groups is 1. The molecular formula is C12H23N3O. The van der Waals surface area contributed by atoms with E-state index in [2.05, 4.69) is 15.1 Å². The van der Waals surface area contributed by atoms with Crippen LogP contribution < -0.4 is 5.32 Å². The van der Waals surface area contributed by atoms with Gasteiger partial charge in [-0.2, -0.15) is 0 Å². The average Bonchev–Trinajstić information content (AvgIpc) is 2.73. The molecule has 1 atom stereocenters. The van der Waals surface area contributed by atoms with Crippen LogP contribution in [0.2, 0.25) is 0 Å². The van der Waals surface area contributed by atoms with Gasteiger partial charge in [-0.15, -0.1) is 0 Å². The molecular weight excluding hydrogens is 202 g/mol. The molecule has 0 aromatic rings. The molecule has 0 radical (unpaired) electrons. The second-order valence-corrected chi connectivity index (χ2v) is 5.24. The summed E-state index contributed by atoms with van der Waals surface area (Å²) in [4.78, 5) is 16.5. The predicted octanol–water partition coefficient (Wildman–Crippen LogP) is 0.291. The summed E-state index contributed by atoms with van der Waals surface area (Å²) in [5.74, 6) is 0.312. The summed E-state index contributed by atoms with van der Waals surface area (Å²) in [5, 5.41) is 3.32. The fourth-order valence-electron chi connectivity index (χ4n) is 2.84. The van der Waals surface area contributed by atoms with Gasteiger partial charge in [-0.1, -0.05) is 12.8 Å². The van der Waals surface area contributed by atoms with Gasteiger partial charge in [0, 0.05) is 25.7 Å². The van der Waals surface area contributed by atoms with E-state index in [1.54, 1.807) is 0 Å². The van der Waals surface area contributed by atoms with Crippen molar-refractivity contribution in [1.29, 1.82) is 0 Å². The Hall–Kier alpha value is -0.610. The summed E-state index contributed by atoms with van der Waals surface area (Å²) < 4.78 is 0. The first-order valence-electron chi connectivity index (χ1n) is 6.37. The van der Waals surface area contributed by atoms with E-state index >= 15 is 0 Å². The maximum absolute atomic E-state index is 12.3. The molecule has 4 heteroatoms. The zero-order valence-electron chi connectivity index (χ0n) is 10.4. The van der Waals surface area contributed by atoms with Gasteiger partial charge in [0.15, 0.2) is 0 Å². The molecule has 2 fully saturated rings. The van der Waals surface area contributed by atoms with Crippen molar-refractivity contribution in [3.63, 3.8) is 0 Å². The lowest BCUT2D eigenvalue weighted by Crippen LogP contribution is -2.60. The Balaban J connectivity index is 1.95. The molecule has 1 saturated carbocycles. The van der Waals surface area contributed by atoms with Crippen molar-refractivity contribution < 1.29 is 4.79 Å². The van der Waals surface area contributed by atoms with Crippen LogP contribution in [0, 0.1) is 0 Å². The lowest BCUT2D eigenvalue weighted by Gasteiger charge is -2.38. The Bertz CT molecular complexity index is 249. The van der Waals surface area contributed by atoms with Crippen molar-refractivity contribution in [3.8, 4) is 0 Å². The number of carbonyl (C=O) groups excluding carboxylic acids is 1. The zero-order valence-corrected chi connectivity index (χ0v) is 10.4. The summed E-state index contributed by atoms with van der Waals surface area (Å²) in [6.07, 6.45) is 5.00.